The highest BCUT2D eigenvalue weighted by Gasteiger charge is 2.46. The van der Waals surface area contributed by atoms with Crippen LogP contribution in [0, 0.1) is 5.92 Å². The fraction of sp³-hybridized carbons (Fsp3) is 0.500. The number of carboxylic acid groups (broad SMARTS) is 1. The molecule has 5 heteroatoms. The Morgan fingerprint density at radius 1 is 1.43 bits per heavy atom. The summed E-state index contributed by atoms with van der Waals surface area (Å²) in [6.45, 7) is 3.95. The number of carbonyl (C=O) groups is 2. The lowest BCUT2D eigenvalue weighted by atomic mass is 9.93. The Kier molecular flexibility index (Phi) is 4.50. The highest BCUT2D eigenvalue weighted by Crippen LogP contribution is 2.40. The van der Waals surface area contributed by atoms with Gasteiger partial charge < -0.3 is 14.7 Å². The standard InChI is InChI=1S/C16H21NO4/c1-4-10(2)17-14(18)9-13(16(19)20)15(17)11-5-7-12(21-3)8-6-11/h5-8,10,13,15H,4,9H2,1-3H3,(H,19,20)/t10-,13-,15+/m1/s1. The van der Waals surface area contributed by atoms with Crippen molar-refractivity contribution in [1.82, 2.24) is 4.90 Å². The van der Waals surface area contributed by atoms with Crippen LogP contribution in [0.5, 0.6) is 5.75 Å². The van der Waals surface area contributed by atoms with Crippen LogP contribution in [-0.4, -0.2) is 35.0 Å². The Morgan fingerprint density at radius 2 is 2.05 bits per heavy atom. The Morgan fingerprint density at radius 3 is 2.52 bits per heavy atom. The number of carboxylic acids is 1. The van der Waals surface area contributed by atoms with Crippen LogP contribution in [0.1, 0.15) is 38.3 Å². The summed E-state index contributed by atoms with van der Waals surface area (Å²) in [6, 6.07) is 6.89. The Labute approximate surface area is 124 Å². The van der Waals surface area contributed by atoms with Gasteiger partial charge in [0.1, 0.15) is 5.75 Å². The van der Waals surface area contributed by atoms with E-state index in [0.29, 0.717) is 5.75 Å². The predicted octanol–water partition coefficient (Wildman–Crippen LogP) is 2.47. The molecule has 0 bridgehead atoms. The van der Waals surface area contributed by atoms with Gasteiger partial charge in [-0.15, -0.1) is 0 Å². The number of hydrogen-bond donors (Lipinski definition) is 1. The van der Waals surface area contributed by atoms with E-state index < -0.39 is 17.9 Å². The zero-order valence-corrected chi connectivity index (χ0v) is 12.6. The molecule has 1 aromatic rings. The second-order valence-electron chi connectivity index (χ2n) is 5.43. The van der Waals surface area contributed by atoms with Gasteiger partial charge in [0.15, 0.2) is 0 Å². The molecule has 2 rings (SSSR count). The smallest absolute Gasteiger partial charge is 0.309 e. The Hall–Kier alpha value is -2.04. The largest absolute Gasteiger partial charge is 0.497 e. The third kappa shape index (κ3) is 2.86. The van der Waals surface area contributed by atoms with E-state index in [1.807, 2.05) is 26.0 Å². The molecule has 0 radical (unpaired) electrons. The molecule has 5 nitrogen and oxygen atoms in total. The van der Waals surface area contributed by atoms with E-state index in [4.69, 9.17) is 4.74 Å². The normalized spacial score (nSPS) is 23.2. The zero-order valence-electron chi connectivity index (χ0n) is 12.6. The number of hydrogen-bond acceptors (Lipinski definition) is 3. The molecule has 1 heterocycles. The van der Waals surface area contributed by atoms with E-state index in [0.717, 1.165) is 12.0 Å². The third-order valence-corrected chi connectivity index (χ3v) is 4.20. The quantitative estimate of drug-likeness (QED) is 0.905. The number of likely N-dealkylation sites (tertiary alicyclic amines) is 1. The van der Waals surface area contributed by atoms with Gasteiger partial charge in [0, 0.05) is 12.5 Å². The van der Waals surface area contributed by atoms with Crippen LogP contribution < -0.4 is 4.74 Å². The fourth-order valence-corrected chi connectivity index (χ4v) is 2.89. The molecule has 1 N–H and O–H groups in total. The molecule has 0 saturated carbocycles. The summed E-state index contributed by atoms with van der Waals surface area (Å²) in [6.07, 6.45) is 0.862. The van der Waals surface area contributed by atoms with Crippen molar-refractivity contribution >= 4 is 11.9 Å². The van der Waals surface area contributed by atoms with Crippen molar-refractivity contribution in [2.24, 2.45) is 5.92 Å². The minimum absolute atomic E-state index is 0.0222. The first-order chi connectivity index (χ1) is 9.99. The number of carbonyl (C=O) groups excluding carboxylic acids is 1. The van der Waals surface area contributed by atoms with E-state index in [2.05, 4.69) is 0 Å². The first-order valence-electron chi connectivity index (χ1n) is 7.17. The number of ether oxygens (including phenoxy) is 1. The summed E-state index contributed by atoms with van der Waals surface area (Å²) < 4.78 is 5.13. The number of nitrogens with zero attached hydrogens (tertiary/aromatic N) is 1. The van der Waals surface area contributed by atoms with Gasteiger partial charge >= 0.3 is 5.97 Å². The maximum absolute atomic E-state index is 12.2. The number of benzene rings is 1. The molecule has 21 heavy (non-hydrogen) atoms. The maximum atomic E-state index is 12.2. The molecule has 3 atom stereocenters. The minimum atomic E-state index is -0.921. The molecule has 0 unspecified atom stereocenters. The summed E-state index contributed by atoms with van der Waals surface area (Å²) in [5, 5.41) is 9.43. The highest BCUT2D eigenvalue weighted by molar-refractivity contribution is 5.87. The summed E-state index contributed by atoms with van der Waals surface area (Å²) in [5.74, 6) is -0.988. The second kappa shape index (κ2) is 6.16. The van der Waals surface area contributed by atoms with Crippen molar-refractivity contribution in [3.05, 3.63) is 29.8 Å². The monoisotopic (exact) mass is 291 g/mol. The molecule has 1 aliphatic rings. The predicted molar refractivity (Wildman–Crippen MR) is 78.1 cm³/mol. The lowest BCUT2D eigenvalue weighted by molar-refractivity contribution is -0.142. The third-order valence-electron chi connectivity index (χ3n) is 4.20. The molecule has 1 saturated heterocycles. The molecule has 114 valence electrons. The lowest BCUT2D eigenvalue weighted by Gasteiger charge is -2.32. The van der Waals surface area contributed by atoms with Crippen LogP contribution in [0.25, 0.3) is 0 Å². The number of rotatable bonds is 5. The molecule has 1 fully saturated rings. The van der Waals surface area contributed by atoms with Gasteiger partial charge in [-0.05, 0) is 31.0 Å². The Balaban J connectivity index is 2.40. The van der Waals surface area contributed by atoms with Crippen LogP contribution in [0.4, 0.5) is 0 Å². The Bertz CT molecular complexity index is 526. The lowest BCUT2D eigenvalue weighted by Crippen LogP contribution is -2.37. The van der Waals surface area contributed by atoms with Crippen molar-refractivity contribution in [3.63, 3.8) is 0 Å². The van der Waals surface area contributed by atoms with Crippen molar-refractivity contribution in [3.8, 4) is 5.75 Å². The van der Waals surface area contributed by atoms with Gasteiger partial charge in [-0.2, -0.15) is 0 Å². The zero-order chi connectivity index (χ0) is 15.6. The number of methoxy groups -OCH3 is 1. The summed E-state index contributed by atoms with van der Waals surface area (Å²) in [7, 11) is 1.58. The molecular formula is C16H21NO4. The summed E-state index contributed by atoms with van der Waals surface area (Å²) in [5.41, 5.74) is 0.842. The van der Waals surface area contributed by atoms with Crippen LogP contribution in [-0.2, 0) is 9.59 Å². The van der Waals surface area contributed by atoms with Gasteiger partial charge in [0.25, 0.3) is 0 Å². The molecule has 1 aromatic carbocycles. The molecule has 0 aliphatic carbocycles. The topological polar surface area (TPSA) is 66.8 Å². The van der Waals surface area contributed by atoms with E-state index in [1.54, 1.807) is 24.1 Å². The maximum Gasteiger partial charge on any atom is 0.309 e. The summed E-state index contributed by atoms with van der Waals surface area (Å²) in [4.78, 5) is 25.5. The van der Waals surface area contributed by atoms with E-state index in [9.17, 15) is 14.7 Å². The van der Waals surface area contributed by atoms with Crippen LogP contribution in [0.2, 0.25) is 0 Å². The molecule has 0 spiro atoms. The second-order valence-corrected chi connectivity index (χ2v) is 5.43. The van der Waals surface area contributed by atoms with Gasteiger partial charge in [0.05, 0.1) is 19.1 Å². The molecule has 0 aromatic heterocycles. The van der Waals surface area contributed by atoms with Gasteiger partial charge in [-0.25, -0.2) is 0 Å². The molecule has 1 aliphatic heterocycles. The average Bonchev–Trinajstić information content (AvgIpc) is 2.84. The number of amides is 1. The van der Waals surface area contributed by atoms with E-state index in [-0.39, 0.29) is 18.4 Å². The minimum Gasteiger partial charge on any atom is -0.497 e. The van der Waals surface area contributed by atoms with Gasteiger partial charge in [-0.3, -0.25) is 9.59 Å². The highest BCUT2D eigenvalue weighted by atomic mass is 16.5. The van der Waals surface area contributed by atoms with Crippen LogP contribution >= 0.6 is 0 Å². The van der Waals surface area contributed by atoms with Crippen molar-refractivity contribution in [2.75, 3.05) is 7.11 Å². The molecular weight excluding hydrogens is 270 g/mol. The van der Waals surface area contributed by atoms with Crippen molar-refractivity contribution in [2.45, 2.75) is 38.8 Å². The van der Waals surface area contributed by atoms with Gasteiger partial charge in [-0.1, -0.05) is 19.1 Å². The van der Waals surface area contributed by atoms with Gasteiger partial charge in [0.2, 0.25) is 5.91 Å². The molecule has 1 amide bonds. The first-order valence-corrected chi connectivity index (χ1v) is 7.17. The number of aliphatic carboxylic acids is 1. The summed E-state index contributed by atoms with van der Waals surface area (Å²) >= 11 is 0. The van der Waals surface area contributed by atoms with E-state index in [1.165, 1.54) is 0 Å². The SMILES string of the molecule is CC[C@@H](C)N1C(=O)C[C@@H](C(=O)O)[C@@H]1c1ccc(OC)cc1. The van der Waals surface area contributed by atoms with Crippen LogP contribution in [0.3, 0.4) is 0 Å². The van der Waals surface area contributed by atoms with Crippen molar-refractivity contribution in [1.29, 1.82) is 0 Å². The first kappa shape index (κ1) is 15.4. The van der Waals surface area contributed by atoms with E-state index >= 15 is 0 Å². The fourth-order valence-electron chi connectivity index (χ4n) is 2.89. The van der Waals surface area contributed by atoms with Crippen molar-refractivity contribution < 1.29 is 19.4 Å². The average molecular weight is 291 g/mol. The van der Waals surface area contributed by atoms with Crippen LogP contribution in [0.15, 0.2) is 24.3 Å².